The van der Waals surface area contributed by atoms with E-state index in [0.29, 0.717) is 5.56 Å². The number of aliphatic hydroxyl groups excluding tert-OH is 2. The third-order valence-electron chi connectivity index (χ3n) is 2.91. The Morgan fingerprint density at radius 3 is 2.52 bits per heavy atom. The summed E-state index contributed by atoms with van der Waals surface area (Å²) in [7, 11) is 0. The van der Waals surface area contributed by atoms with Gasteiger partial charge >= 0.3 is 0 Å². The Labute approximate surface area is 122 Å². The molecule has 3 N–H and O–H groups in total. The minimum atomic E-state index is -1.15. The normalized spacial score (nSPS) is 13.9. The van der Waals surface area contributed by atoms with Gasteiger partial charge in [0.05, 0.1) is 17.6 Å². The van der Waals surface area contributed by atoms with Crippen LogP contribution in [0.15, 0.2) is 36.4 Å². The number of amides is 1. The molecule has 21 heavy (non-hydrogen) atoms. The fraction of sp³-hybridized carbons (Fsp3) is 0.357. The molecular formula is C14H18N2O5. The number of nitrogens with zero attached hydrogens (tertiary/aromatic N) is 1. The van der Waals surface area contributed by atoms with Crippen LogP contribution in [0.3, 0.4) is 0 Å². The van der Waals surface area contributed by atoms with E-state index in [2.05, 4.69) is 5.32 Å². The third-order valence-corrected chi connectivity index (χ3v) is 2.91. The molecule has 0 unspecified atom stereocenters. The Kier molecular flexibility index (Phi) is 6.51. The van der Waals surface area contributed by atoms with Crippen molar-refractivity contribution in [2.75, 3.05) is 6.61 Å². The van der Waals surface area contributed by atoms with Crippen LogP contribution < -0.4 is 5.32 Å². The van der Waals surface area contributed by atoms with Crippen LogP contribution in [0.4, 0.5) is 5.69 Å². The summed E-state index contributed by atoms with van der Waals surface area (Å²) in [6.45, 7) is 1.34. The van der Waals surface area contributed by atoms with Crippen LogP contribution in [0.2, 0.25) is 0 Å². The Hall–Kier alpha value is -2.25. The van der Waals surface area contributed by atoms with Gasteiger partial charge in [0.25, 0.3) is 5.69 Å². The first-order valence-corrected chi connectivity index (χ1v) is 6.43. The van der Waals surface area contributed by atoms with Crippen molar-refractivity contribution in [3.05, 3.63) is 52.1 Å². The number of allylic oxidation sites excluding steroid dienone is 1. The fourth-order valence-corrected chi connectivity index (χ4v) is 1.74. The number of hydrogen-bond acceptors (Lipinski definition) is 5. The molecule has 0 saturated heterocycles. The van der Waals surface area contributed by atoms with E-state index in [0.717, 1.165) is 0 Å². The van der Waals surface area contributed by atoms with E-state index in [-0.39, 0.29) is 18.0 Å². The molecule has 7 nitrogen and oxygen atoms in total. The molecule has 1 amide bonds. The molecule has 0 spiro atoms. The SMILES string of the molecule is C/C=C/CC(=O)N[C@H](CO)[C@@H](O)c1ccc([N+](=O)[O-])cc1. The largest absolute Gasteiger partial charge is 0.394 e. The van der Waals surface area contributed by atoms with E-state index < -0.39 is 23.7 Å². The third kappa shape index (κ3) is 4.97. The van der Waals surface area contributed by atoms with Gasteiger partial charge in [0, 0.05) is 18.6 Å². The molecule has 0 saturated carbocycles. The van der Waals surface area contributed by atoms with Gasteiger partial charge in [-0.25, -0.2) is 0 Å². The van der Waals surface area contributed by atoms with Crippen molar-refractivity contribution < 1.29 is 19.9 Å². The highest BCUT2D eigenvalue weighted by Crippen LogP contribution is 2.20. The lowest BCUT2D eigenvalue weighted by Crippen LogP contribution is -2.41. The molecule has 0 heterocycles. The Morgan fingerprint density at radius 2 is 2.05 bits per heavy atom. The second-order valence-corrected chi connectivity index (χ2v) is 4.42. The maximum atomic E-state index is 11.6. The molecule has 1 rings (SSSR count). The maximum absolute atomic E-state index is 11.6. The molecule has 7 heteroatoms. The monoisotopic (exact) mass is 294 g/mol. The molecule has 0 aliphatic heterocycles. The average molecular weight is 294 g/mol. The van der Waals surface area contributed by atoms with E-state index in [9.17, 15) is 25.1 Å². The number of nitrogens with one attached hydrogen (secondary N) is 1. The van der Waals surface area contributed by atoms with Gasteiger partial charge in [0.2, 0.25) is 5.91 Å². The Bertz CT molecular complexity index is 513. The number of benzene rings is 1. The Morgan fingerprint density at radius 1 is 1.43 bits per heavy atom. The van der Waals surface area contributed by atoms with Crippen molar-refractivity contribution >= 4 is 11.6 Å². The molecule has 0 aliphatic rings. The topological polar surface area (TPSA) is 113 Å². The first kappa shape index (κ1) is 16.8. The molecule has 0 bridgehead atoms. The van der Waals surface area contributed by atoms with E-state index >= 15 is 0 Å². The lowest BCUT2D eigenvalue weighted by atomic mass is 10.0. The number of nitro groups is 1. The molecule has 0 radical (unpaired) electrons. The Balaban J connectivity index is 2.75. The van der Waals surface area contributed by atoms with Crippen molar-refractivity contribution in [2.45, 2.75) is 25.5 Å². The van der Waals surface area contributed by atoms with E-state index in [1.807, 2.05) is 0 Å². The van der Waals surface area contributed by atoms with Crippen molar-refractivity contribution in [1.29, 1.82) is 0 Å². The number of hydrogen-bond donors (Lipinski definition) is 3. The van der Waals surface area contributed by atoms with Gasteiger partial charge < -0.3 is 15.5 Å². The lowest BCUT2D eigenvalue weighted by Gasteiger charge is -2.22. The van der Waals surface area contributed by atoms with Crippen LogP contribution in [0.1, 0.15) is 25.0 Å². The van der Waals surface area contributed by atoms with E-state index in [4.69, 9.17) is 0 Å². The number of nitro benzene ring substituents is 1. The zero-order valence-corrected chi connectivity index (χ0v) is 11.6. The molecule has 0 aliphatic carbocycles. The van der Waals surface area contributed by atoms with Crippen molar-refractivity contribution in [1.82, 2.24) is 5.32 Å². The predicted octanol–water partition coefficient (Wildman–Crippen LogP) is 1.07. The molecular weight excluding hydrogens is 276 g/mol. The maximum Gasteiger partial charge on any atom is 0.269 e. The van der Waals surface area contributed by atoms with Crippen molar-refractivity contribution in [3.63, 3.8) is 0 Å². The minimum Gasteiger partial charge on any atom is -0.394 e. The molecule has 0 aromatic heterocycles. The smallest absolute Gasteiger partial charge is 0.269 e. The summed E-state index contributed by atoms with van der Waals surface area (Å²) in [5.41, 5.74) is 0.287. The van der Waals surface area contributed by atoms with Crippen molar-refractivity contribution in [2.24, 2.45) is 0 Å². The second-order valence-electron chi connectivity index (χ2n) is 4.42. The standard InChI is InChI=1S/C14H18N2O5/c1-2-3-4-13(18)15-12(9-17)14(19)10-5-7-11(8-6-10)16(20)21/h2-3,5-8,12,14,17,19H,4,9H2,1H3,(H,15,18)/b3-2+/t12-,14+/m1/s1. The summed E-state index contributed by atoms with van der Waals surface area (Å²) >= 11 is 0. The predicted molar refractivity (Wildman–Crippen MR) is 76.5 cm³/mol. The van der Waals surface area contributed by atoms with Gasteiger partial charge in [0.1, 0.15) is 6.10 Å². The summed E-state index contributed by atoms with van der Waals surface area (Å²) in [4.78, 5) is 21.6. The fourth-order valence-electron chi connectivity index (χ4n) is 1.74. The van der Waals surface area contributed by atoms with Gasteiger partial charge in [-0.1, -0.05) is 12.2 Å². The number of carbonyl (C=O) groups is 1. The molecule has 1 aromatic rings. The van der Waals surface area contributed by atoms with Gasteiger partial charge in [-0.15, -0.1) is 0 Å². The molecule has 1 aromatic carbocycles. The van der Waals surface area contributed by atoms with Crippen LogP contribution in [-0.2, 0) is 4.79 Å². The highest BCUT2D eigenvalue weighted by atomic mass is 16.6. The summed E-state index contributed by atoms with van der Waals surface area (Å²) in [6, 6.07) is 4.43. The van der Waals surface area contributed by atoms with Gasteiger partial charge in [-0.2, -0.15) is 0 Å². The summed E-state index contributed by atoms with van der Waals surface area (Å²) in [5.74, 6) is -0.326. The van der Waals surface area contributed by atoms with Crippen LogP contribution >= 0.6 is 0 Å². The number of aliphatic hydroxyl groups is 2. The number of rotatable bonds is 7. The second kappa shape index (κ2) is 8.13. The molecule has 0 fully saturated rings. The summed E-state index contributed by atoms with van der Waals surface area (Å²) < 4.78 is 0. The first-order chi connectivity index (χ1) is 9.99. The summed E-state index contributed by atoms with van der Waals surface area (Å²) in [5, 5.41) is 32.5. The van der Waals surface area contributed by atoms with Gasteiger partial charge in [0.15, 0.2) is 0 Å². The quantitative estimate of drug-likeness (QED) is 0.395. The van der Waals surface area contributed by atoms with Crippen molar-refractivity contribution in [3.8, 4) is 0 Å². The first-order valence-electron chi connectivity index (χ1n) is 6.43. The average Bonchev–Trinajstić information content (AvgIpc) is 2.50. The zero-order chi connectivity index (χ0) is 15.8. The zero-order valence-electron chi connectivity index (χ0n) is 11.6. The molecule has 2 atom stereocenters. The van der Waals surface area contributed by atoms with Gasteiger partial charge in [-0.3, -0.25) is 14.9 Å². The van der Waals surface area contributed by atoms with E-state index in [1.54, 1.807) is 19.1 Å². The highest BCUT2D eigenvalue weighted by molar-refractivity contribution is 5.77. The molecule has 114 valence electrons. The summed E-state index contributed by atoms with van der Waals surface area (Å²) in [6.07, 6.45) is 2.38. The van der Waals surface area contributed by atoms with Crippen LogP contribution in [0, 0.1) is 10.1 Å². The van der Waals surface area contributed by atoms with Gasteiger partial charge in [-0.05, 0) is 24.6 Å². The minimum absolute atomic E-state index is 0.0939. The highest BCUT2D eigenvalue weighted by Gasteiger charge is 2.22. The van der Waals surface area contributed by atoms with E-state index in [1.165, 1.54) is 24.3 Å². The van der Waals surface area contributed by atoms with Crippen LogP contribution in [0.5, 0.6) is 0 Å². The van der Waals surface area contributed by atoms with Crippen LogP contribution in [0.25, 0.3) is 0 Å². The van der Waals surface area contributed by atoms with Crippen LogP contribution in [-0.4, -0.2) is 33.7 Å². The number of non-ortho nitro benzene ring substituents is 1. The lowest BCUT2D eigenvalue weighted by molar-refractivity contribution is -0.384. The number of carbonyl (C=O) groups excluding carboxylic acids is 1.